The fourth-order valence-electron chi connectivity index (χ4n) is 1.38. The molecule has 0 aliphatic rings. The van der Waals surface area contributed by atoms with Gasteiger partial charge in [-0.2, -0.15) is 5.10 Å². The van der Waals surface area contributed by atoms with Gasteiger partial charge in [0, 0.05) is 37.4 Å². The van der Waals surface area contributed by atoms with Gasteiger partial charge in [-0.15, -0.1) is 0 Å². The van der Waals surface area contributed by atoms with Crippen molar-refractivity contribution in [3.05, 3.63) is 29.2 Å². The number of halogens is 1. The first-order valence-electron chi connectivity index (χ1n) is 4.79. The van der Waals surface area contributed by atoms with E-state index in [1.165, 1.54) is 0 Å². The van der Waals surface area contributed by atoms with Crippen LogP contribution in [0.1, 0.15) is 12.2 Å². The minimum absolute atomic E-state index is 0.679. The summed E-state index contributed by atoms with van der Waals surface area (Å²) in [5, 5.41) is 5.00. The maximum atomic E-state index is 5.85. The minimum Gasteiger partial charge on any atom is -0.385 e. The average molecular weight is 226 g/mol. The molecule has 4 nitrogen and oxygen atoms in total. The Hall–Kier alpha value is -1.13. The van der Waals surface area contributed by atoms with E-state index < -0.39 is 0 Å². The van der Waals surface area contributed by atoms with Crippen LogP contribution in [0.2, 0.25) is 5.02 Å². The number of methoxy groups -OCH3 is 1. The Morgan fingerprint density at radius 3 is 3.20 bits per heavy atom. The molecule has 5 heteroatoms. The minimum atomic E-state index is 0.679. The van der Waals surface area contributed by atoms with Crippen molar-refractivity contribution < 1.29 is 4.74 Å². The largest absolute Gasteiger partial charge is 0.385 e. The first-order valence-corrected chi connectivity index (χ1v) is 5.17. The number of rotatable bonds is 4. The summed E-state index contributed by atoms with van der Waals surface area (Å²) >= 11 is 5.85. The lowest BCUT2D eigenvalue weighted by Gasteiger charge is -1.93. The van der Waals surface area contributed by atoms with E-state index in [9.17, 15) is 0 Å². The second-order valence-electron chi connectivity index (χ2n) is 3.27. The van der Waals surface area contributed by atoms with Crippen LogP contribution < -0.4 is 0 Å². The molecule has 0 aromatic carbocycles. The van der Waals surface area contributed by atoms with Gasteiger partial charge in [0.15, 0.2) is 11.5 Å². The van der Waals surface area contributed by atoms with Crippen molar-refractivity contribution in [2.75, 3.05) is 13.7 Å². The molecule has 2 aromatic rings. The zero-order chi connectivity index (χ0) is 10.7. The molecular weight excluding hydrogens is 214 g/mol. The highest BCUT2D eigenvalue weighted by atomic mass is 35.5. The highest BCUT2D eigenvalue weighted by molar-refractivity contribution is 6.30. The van der Waals surface area contributed by atoms with Gasteiger partial charge in [0.2, 0.25) is 0 Å². The normalized spacial score (nSPS) is 11.1. The third-order valence-electron chi connectivity index (χ3n) is 2.09. The molecule has 0 unspecified atom stereocenters. The number of aryl methyl sites for hydroxylation is 1. The first kappa shape index (κ1) is 10.4. The third-order valence-corrected chi connectivity index (χ3v) is 2.33. The van der Waals surface area contributed by atoms with Gasteiger partial charge >= 0.3 is 0 Å². The van der Waals surface area contributed by atoms with Gasteiger partial charge in [0.1, 0.15) is 0 Å². The Bertz CT molecular complexity index is 455. The molecule has 0 aliphatic carbocycles. The van der Waals surface area contributed by atoms with E-state index in [1.54, 1.807) is 23.8 Å². The van der Waals surface area contributed by atoms with Gasteiger partial charge in [-0.05, 0) is 12.5 Å². The molecule has 0 saturated carbocycles. The maximum Gasteiger partial charge on any atom is 0.157 e. The van der Waals surface area contributed by atoms with Crippen LogP contribution in [0.25, 0.3) is 5.65 Å². The summed E-state index contributed by atoms with van der Waals surface area (Å²) in [5.41, 5.74) is 0.787. The smallest absolute Gasteiger partial charge is 0.157 e. The van der Waals surface area contributed by atoms with Gasteiger partial charge in [-0.25, -0.2) is 9.50 Å². The van der Waals surface area contributed by atoms with Crippen LogP contribution in [0, 0.1) is 0 Å². The Kier molecular flexibility index (Phi) is 3.18. The van der Waals surface area contributed by atoms with E-state index >= 15 is 0 Å². The zero-order valence-corrected chi connectivity index (χ0v) is 9.24. The summed E-state index contributed by atoms with van der Waals surface area (Å²) in [5.74, 6) is 0.828. The van der Waals surface area contributed by atoms with Crippen LogP contribution in [0.3, 0.4) is 0 Å². The predicted molar refractivity (Wildman–Crippen MR) is 58.2 cm³/mol. The summed E-state index contributed by atoms with van der Waals surface area (Å²) in [7, 11) is 1.69. The molecule has 0 N–H and O–H groups in total. The van der Waals surface area contributed by atoms with Gasteiger partial charge in [-0.3, -0.25) is 0 Å². The number of hydrogen-bond acceptors (Lipinski definition) is 3. The van der Waals surface area contributed by atoms with Gasteiger partial charge < -0.3 is 4.74 Å². The number of pyridine rings is 1. The lowest BCUT2D eigenvalue weighted by atomic mass is 10.3. The van der Waals surface area contributed by atoms with Crippen molar-refractivity contribution in [1.82, 2.24) is 14.6 Å². The van der Waals surface area contributed by atoms with E-state index in [0.717, 1.165) is 30.9 Å². The van der Waals surface area contributed by atoms with Crippen LogP contribution >= 0.6 is 11.6 Å². The number of nitrogens with zero attached hydrogens (tertiary/aromatic N) is 3. The molecular formula is C10H12ClN3O. The first-order chi connectivity index (χ1) is 7.29. The summed E-state index contributed by atoms with van der Waals surface area (Å²) in [6, 6.07) is 3.59. The summed E-state index contributed by atoms with van der Waals surface area (Å²) in [6.45, 7) is 0.732. The average Bonchev–Trinajstić information content (AvgIpc) is 2.60. The molecule has 2 heterocycles. The second kappa shape index (κ2) is 4.59. The lowest BCUT2D eigenvalue weighted by Crippen LogP contribution is -1.94. The van der Waals surface area contributed by atoms with Crippen molar-refractivity contribution in [1.29, 1.82) is 0 Å². The Morgan fingerprint density at radius 1 is 1.53 bits per heavy atom. The summed E-state index contributed by atoms with van der Waals surface area (Å²) < 4.78 is 6.70. The van der Waals surface area contributed by atoms with Crippen LogP contribution in [0.15, 0.2) is 18.3 Å². The maximum absolute atomic E-state index is 5.85. The molecule has 0 bridgehead atoms. The van der Waals surface area contributed by atoms with Gasteiger partial charge in [0.25, 0.3) is 0 Å². The molecule has 0 saturated heterocycles. The van der Waals surface area contributed by atoms with Gasteiger partial charge in [-0.1, -0.05) is 11.6 Å². The Balaban J connectivity index is 2.16. The quantitative estimate of drug-likeness (QED) is 0.747. The number of aromatic nitrogens is 3. The van der Waals surface area contributed by atoms with Crippen LogP contribution in [-0.2, 0) is 11.2 Å². The van der Waals surface area contributed by atoms with E-state index in [2.05, 4.69) is 10.1 Å². The Labute approximate surface area is 92.8 Å². The van der Waals surface area contributed by atoms with Crippen molar-refractivity contribution in [3.8, 4) is 0 Å². The van der Waals surface area contributed by atoms with E-state index in [0.29, 0.717) is 5.02 Å². The van der Waals surface area contributed by atoms with Crippen molar-refractivity contribution in [3.63, 3.8) is 0 Å². The lowest BCUT2D eigenvalue weighted by molar-refractivity contribution is 0.194. The van der Waals surface area contributed by atoms with Crippen molar-refractivity contribution >= 4 is 17.2 Å². The SMILES string of the molecule is COCCCc1nc2cc(Cl)ccn2n1. The highest BCUT2D eigenvalue weighted by Gasteiger charge is 2.03. The van der Waals surface area contributed by atoms with E-state index in [1.807, 2.05) is 6.20 Å². The number of ether oxygens (including phenoxy) is 1. The van der Waals surface area contributed by atoms with Crippen molar-refractivity contribution in [2.24, 2.45) is 0 Å². The highest BCUT2D eigenvalue weighted by Crippen LogP contribution is 2.11. The fraction of sp³-hybridized carbons (Fsp3) is 0.400. The topological polar surface area (TPSA) is 39.4 Å². The predicted octanol–water partition coefficient (Wildman–Crippen LogP) is 1.96. The molecule has 2 rings (SSSR count). The monoisotopic (exact) mass is 225 g/mol. The van der Waals surface area contributed by atoms with E-state index in [4.69, 9.17) is 16.3 Å². The third kappa shape index (κ3) is 2.46. The molecule has 0 amide bonds. The molecule has 0 radical (unpaired) electrons. The summed E-state index contributed by atoms with van der Waals surface area (Å²) in [4.78, 5) is 4.36. The van der Waals surface area contributed by atoms with Crippen LogP contribution in [-0.4, -0.2) is 28.3 Å². The molecule has 0 atom stereocenters. The van der Waals surface area contributed by atoms with E-state index in [-0.39, 0.29) is 0 Å². The van der Waals surface area contributed by atoms with Crippen LogP contribution in [0.4, 0.5) is 0 Å². The van der Waals surface area contributed by atoms with Crippen LogP contribution in [0.5, 0.6) is 0 Å². The van der Waals surface area contributed by atoms with Crippen molar-refractivity contribution in [2.45, 2.75) is 12.8 Å². The molecule has 0 aliphatic heterocycles. The number of fused-ring (bicyclic) bond motifs is 1. The molecule has 0 fully saturated rings. The zero-order valence-electron chi connectivity index (χ0n) is 8.48. The summed E-state index contributed by atoms with van der Waals surface area (Å²) in [6.07, 6.45) is 3.57. The second-order valence-corrected chi connectivity index (χ2v) is 3.71. The Morgan fingerprint density at radius 2 is 2.40 bits per heavy atom. The fourth-order valence-corrected chi connectivity index (χ4v) is 1.54. The molecule has 0 spiro atoms. The standard InChI is InChI=1S/C10H12ClN3O/c1-15-6-2-3-9-12-10-7-8(11)4-5-14(10)13-9/h4-5,7H,2-3,6H2,1H3. The number of hydrogen-bond donors (Lipinski definition) is 0. The molecule has 80 valence electrons. The van der Waals surface area contributed by atoms with Gasteiger partial charge in [0.05, 0.1) is 0 Å². The molecule has 15 heavy (non-hydrogen) atoms. The molecule has 2 aromatic heterocycles.